The van der Waals surface area contributed by atoms with Crippen molar-refractivity contribution < 1.29 is 0 Å². The van der Waals surface area contributed by atoms with Crippen LogP contribution in [0.1, 0.15) is 43.0 Å². The maximum absolute atomic E-state index is 4.38. The van der Waals surface area contributed by atoms with Crippen molar-refractivity contribution >= 4 is 77.5 Å². The molecular weight excluding hydrogens is 598 g/mol. The van der Waals surface area contributed by atoms with Gasteiger partial charge in [0.2, 0.25) is 0 Å². The van der Waals surface area contributed by atoms with Gasteiger partial charge in [0, 0.05) is 24.8 Å². The van der Waals surface area contributed by atoms with Gasteiger partial charge in [-0.25, -0.2) is 0 Å². The first-order valence-corrected chi connectivity index (χ1v) is 13.3. The zero-order chi connectivity index (χ0) is 22.9. The highest BCUT2D eigenvalue weighted by molar-refractivity contribution is 9.14. The maximum Gasteiger partial charge on any atom is 0.0520 e. The van der Waals surface area contributed by atoms with Gasteiger partial charge >= 0.3 is 0 Å². The van der Waals surface area contributed by atoms with E-state index < -0.39 is 0 Å². The molecule has 31 heavy (non-hydrogen) atoms. The zero-order valence-electron chi connectivity index (χ0n) is 18.6. The Labute approximate surface area is 217 Å². The summed E-state index contributed by atoms with van der Waals surface area (Å²) in [5.41, 5.74) is 8.74. The summed E-state index contributed by atoms with van der Waals surface area (Å²) in [5.74, 6) is 0.849. The average molecular weight is 626 g/mol. The van der Waals surface area contributed by atoms with E-state index in [-0.39, 0.29) is 5.41 Å². The molecule has 0 aliphatic carbocycles. The first-order chi connectivity index (χ1) is 14.5. The van der Waals surface area contributed by atoms with Crippen LogP contribution in [0.2, 0.25) is 0 Å². The zero-order valence-corrected chi connectivity index (χ0v) is 24.2. The normalized spacial score (nSPS) is 11.6. The third kappa shape index (κ3) is 5.61. The lowest BCUT2D eigenvalue weighted by molar-refractivity contribution is 0.589. The van der Waals surface area contributed by atoms with Gasteiger partial charge in [-0.1, -0.05) is 45.0 Å². The van der Waals surface area contributed by atoms with Gasteiger partial charge in [0.1, 0.15) is 0 Å². The summed E-state index contributed by atoms with van der Waals surface area (Å²) in [6.07, 6.45) is 0.969. The highest BCUT2D eigenvalue weighted by Crippen LogP contribution is 2.44. The van der Waals surface area contributed by atoms with Crippen molar-refractivity contribution in [3.05, 3.63) is 84.2 Å². The van der Waals surface area contributed by atoms with Gasteiger partial charge in [-0.3, -0.25) is 0 Å². The number of anilines is 3. The van der Waals surface area contributed by atoms with Crippen molar-refractivity contribution in [2.45, 2.75) is 46.5 Å². The quantitative estimate of drug-likeness (QED) is 0.218. The van der Waals surface area contributed by atoms with Gasteiger partial charge in [0.05, 0.1) is 5.69 Å². The Morgan fingerprint density at radius 2 is 1.32 bits per heavy atom. The van der Waals surface area contributed by atoms with Crippen LogP contribution in [0.5, 0.6) is 0 Å². The molecule has 0 fully saturated rings. The molecule has 0 radical (unpaired) electrons. The van der Waals surface area contributed by atoms with Gasteiger partial charge in [0.15, 0.2) is 0 Å². The second-order valence-electron chi connectivity index (χ2n) is 8.91. The van der Waals surface area contributed by atoms with Crippen molar-refractivity contribution in [3.8, 4) is 0 Å². The molecule has 0 amide bonds. The molecule has 164 valence electrons. The van der Waals surface area contributed by atoms with Crippen LogP contribution in [0.15, 0.2) is 61.9 Å². The molecule has 0 spiro atoms. The van der Waals surface area contributed by atoms with Crippen molar-refractivity contribution in [1.82, 2.24) is 0 Å². The van der Waals surface area contributed by atoms with E-state index in [2.05, 4.69) is 148 Å². The Morgan fingerprint density at radius 1 is 0.806 bits per heavy atom. The molecule has 0 heterocycles. The van der Waals surface area contributed by atoms with Gasteiger partial charge in [-0.2, -0.15) is 12.6 Å². The van der Waals surface area contributed by atoms with E-state index in [9.17, 15) is 0 Å². The predicted molar refractivity (Wildman–Crippen MR) is 150 cm³/mol. The van der Waals surface area contributed by atoms with Crippen molar-refractivity contribution in [2.24, 2.45) is 0 Å². The molecule has 0 bridgehead atoms. The van der Waals surface area contributed by atoms with E-state index in [1.807, 2.05) is 0 Å². The lowest BCUT2D eigenvalue weighted by atomic mass is 9.84. The fraction of sp³-hybridized carbons (Fsp3) is 0.308. The summed E-state index contributed by atoms with van der Waals surface area (Å²) in [5, 5.41) is 0. The molecule has 3 rings (SSSR count). The highest BCUT2D eigenvalue weighted by Gasteiger charge is 2.22. The molecular formula is C26H28Br3NS. The standard InChI is InChI=1S/C26H28Br3NS/c1-16-12-19(26(3,4)5)13-17(2)25(16)30(20-8-6-18(7-9-20)10-11-31)21-14-22(27)24(29)23(28)15-21/h6-9,12-15,31H,10-11H2,1-5H3. The lowest BCUT2D eigenvalue weighted by Gasteiger charge is -2.31. The van der Waals surface area contributed by atoms with E-state index in [0.29, 0.717) is 0 Å². The second-order valence-corrected chi connectivity index (χ2v) is 11.9. The molecule has 0 aliphatic rings. The average Bonchev–Trinajstić information content (AvgIpc) is 2.69. The minimum Gasteiger partial charge on any atom is -0.310 e. The molecule has 0 N–H and O–H groups in total. The van der Waals surface area contributed by atoms with E-state index in [0.717, 1.165) is 37.0 Å². The van der Waals surface area contributed by atoms with Crippen molar-refractivity contribution in [3.63, 3.8) is 0 Å². The van der Waals surface area contributed by atoms with Crippen molar-refractivity contribution in [1.29, 1.82) is 0 Å². The maximum atomic E-state index is 4.38. The second kappa shape index (κ2) is 10.0. The largest absolute Gasteiger partial charge is 0.310 e. The van der Waals surface area contributed by atoms with Crippen LogP contribution < -0.4 is 4.90 Å². The van der Waals surface area contributed by atoms with Gasteiger partial charge in [-0.05, 0) is 126 Å². The van der Waals surface area contributed by atoms with E-state index >= 15 is 0 Å². The van der Waals surface area contributed by atoms with Gasteiger partial charge in [0.25, 0.3) is 0 Å². The Bertz CT molecular complexity index is 1040. The SMILES string of the molecule is Cc1cc(C(C)(C)C)cc(C)c1N(c1ccc(CCS)cc1)c1cc(Br)c(Br)c(Br)c1. The molecule has 0 atom stereocenters. The molecule has 3 aromatic rings. The number of hydrogen-bond acceptors (Lipinski definition) is 2. The fourth-order valence-corrected chi connectivity index (χ4v) is 5.41. The smallest absolute Gasteiger partial charge is 0.0520 e. The predicted octanol–water partition coefficient (Wildman–Crippen LogP) is 9.83. The van der Waals surface area contributed by atoms with Gasteiger partial charge in [-0.15, -0.1) is 0 Å². The summed E-state index contributed by atoms with van der Waals surface area (Å²) >= 11 is 15.4. The molecule has 0 aromatic heterocycles. The summed E-state index contributed by atoms with van der Waals surface area (Å²) in [4.78, 5) is 2.35. The van der Waals surface area contributed by atoms with E-state index in [1.165, 1.54) is 27.9 Å². The highest BCUT2D eigenvalue weighted by atomic mass is 79.9. The minimum atomic E-state index is 0.108. The topological polar surface area (TPSA) is 3.24 Å². The number of aryl methyl sites for hydroxylation is 3. The molecule has 0 saturated carbocycles. The third-order valence-corrected chi connectivity index (χ3v) is 8.80. The Kier molecular flexibility index (Phi) is 8.05. The number of thiol groups is 1. The summed E-state index contributed by atoms with van der Waals surface area (Å²) in [7, 11) is 0. The third-order valence-electron chi connectivity index (χ3n) is 5.40. The molecule has 0 aliphatic heterocycles. The van der Waals surface area contributed by atoms with Crippen LogP contribution in [0, 0.1) is 13.8 Å². The Hall–Kier alpha value is -0.750. The Balaban J connectivity index is 2.24. The number of nitrogens with zero attached hydrogens (tertiary/aromatic N) is 1. The lowest BCUT2D eigenvalue weighted by Crippen LogP contribution is -2.16. The molecule has 3 aromatic carbocycles. The molecule has 0 saturated heterocycles. The van der Waals surface area contributed by atoms with Crippen molar-refractivity contribution in [2.75, 3.05) is 10.7 Å². The van der Waals surface area contributed by atoms with Gasteiger partial charge < -0.3 is 4.90 Å². The van der Waals surface area contributed by atoms with Crippen LogP contribution in [0.25, 0.3) is 0 Å². The number of rotatable bonds is 5. The summed E-state index contributed by atoms with van der Waals surface area (Å²) < 4.78 is 3.03. The van der Waals surface area contributed by atoms with Crippen LogP contribution in [-0.2, 0) is 11.8 Å². The minimum absolute atomic E-state index is 0.108. The number of benzene rings is 3. The van der Waals surface area contributed by atoms with Crippen LogP contribution in [-0.4, -0.2) is 5.75 Å². The molecule has 5 heteroatoms. The number of hydrogen-bond donors (Lipinski definition) is 1. The van der Waals surface area contributed by atoms with E-state index in [4.69, 9.17) is 0 Å². The summed E-state index contributed by atoms with van der Waals surface area (Å²) in [6, 6.07) is 17.8. The first-order valence-electron chi connectivity index (χ1n) is 10.3. The monoisotopic (exact) mass is 623 g/mol. The molecule has 0 unspecified atom stereocenters. The molecule has 1 nitrogen and oxygen atoms in total. The van der Waals surface area contributed by atoms with Crippen LogP contribution in [0.3, 0.4) is 0 Å². The number of halogens is 3. The fourth-order valence-electron chi connectivity index (χ4n) is 3.76. The Morgan fingerprint density at radius 3 is 1.77 bits per heavy atom. The summed E-state index contributed by atoms with van der Waals surface area (Å²) in [6.45, 7) is 11.2. The van der Waals surface area contributed by atoms with Crippen LogP contribution in [0.4, 0.5) is 17.1 Å². The van der Waals surface area contributed by atoms with Crippen LogP contribution >= 0.6 is 60.4 Å². The van der Waals surface area contributed by atoms with E-state index in [1.54, 1.807) is 0 Å². The first kappa shape index (κ1) is 24.9.